The number of esters is 1. The first-order valence-corrected chi connectivity index (χ1v) is 8.88. The van der Waals surface area contributed by atoms with E-state index in [2.05, 4.69) is 11.4 Å². The van der Waals surface area contributed by atoms with Crippen molar-refractivity contribution in [1.29, 1.82) is 0 Å². The lowest BCUT2D eigenvalue weighted by molar-refractivity contribution is 0.0490. The Hall–Kier alpha value is -2.04. The molecule has 5 nitrogen and oxygen atoms in total. The van der Waals surface area contributed by atoms with Crippen molar-refractivity contribution in [3.63, 3.8) is 0 Å². The lowest BCUT2D eigenvalue weighted by Gasteiger charge is -2.30. The van der Waals surface area contributed by atoms with Crippen molar-refractivity contribution >= 4 is 12.1 Å². The molecule has 2 rings (SSSR count). The summed E-state index contributed by atoms with van der Waals surface area (Å²) in [5, 5.41) is 2.97. The number of rotatable bonds is 3. The monoisotopic (exact) mass is 347 g/mol. The van der Waals surface area contributed by atoms with Crippen LogP contribution in [0.5, 0.6) is 0 Å². The van der Waals surface area contributed by atoms with Gasteiger partial charge in [-0.25, -0.2) is 9.59 Å². The maximum atomic E-state index is 11.9. The third kappa shape index (κ3) is 5.48. The van der Waals surface area contributed by atoms with Crippen molar-refractivity contribution in [2.24, 2.45) is 0 Å². The van der Waals surface area contributed by atoms with Crippen molar-refractivity contribution in [2.75, 3.05) is 7.11 Å². The first kappa shape index (κ1) is 19.3. The van der Waals surface area contributed by atoms with E-state index < -0.39 is 5.60 Å². The molecule has 0 aromatic heterocycles. The van der Waals surface area contributed by atoms with Gasteiger partial charge in [0.2, 0.25) is 0 Å². The third-order valence-electron chi connectivity index (χ3n) is 4.58. The van der Waals surface area contributed by atoms with Gasteiger partial charge in [-0.15, -0.1) is 0 Å². The minimum Gasteiger partial charge on any atom is -0.465 e. The number of amides is 1. The Labute approximate surface area is 150 Å². The van der Waals surface area contributed by atoms with Gasteiger partial charge in [0, 0.05) is 6.04 Å². The van der Waals surface area contributed by atoms with Gasteiger partial charge in [-0.3, -0.25) is 0 Å². The highest BCUT2D eigenvalue weighted by Gasteiger charge is 2.26. The SMILES string of the molecule is COC(=O)c1ccc(C2CCC(NC(=O)OC(C)(C)C)CC2)cc1C. The Morgan fingerprint density at radius 1 is 1.12 bits per heavy atom. The zero-order valence-electron chi connectivity index (χ0n) is 15.8. The number of ether oxygens (including phenoxy) is 2. The first-order chi connectivity index (χ1) is 11.7. The molecule has 1 saturated carbocycles. The molecular weight excluding hydrogens is 318 g/mol. The molecule has 0 heterocycles. The lowest BCUT2D eigenvalue weighted by atomic mass is 9.81. The Morgan fingerprint density at radius 2 is 1.76 bits per heavy atom. The summed E-state index contributed by atoms with van der Waals surface area (Å²) in [6, 6.07) is 6.12. The van der Waals surface area contributed by atoms with Gasteiger partial charge in [-0.2, -0.15) is 0 Å². The van der Waals surface area contributed by atoms with E-state index in [1.54, 1.807) is 0 Å². The molecule has 1 aliphatic carbocycles. The first-order valence-electron chi connectivity index (χ1n) is 8.88. The second-order valence-corrected chi connectivity index (χ2v) is 7.76. The second-order valence-electron chi connectivity index (χ2n) is 7.76. The predicted molar refractivity (Wildman–Crippen MR) is 96.9 cm³/mol. The summed E-state index contributed by atoms with van der Waals surface area (Å²) in [7, 11) is 1.40. The van der Waals surface area contributed by atoms with Crippen LogP contribution in [0, 0.1) is 6.92 Å². The minimum absolute atomic E-state index is 0.168. The molecule has 0 atom stereocenters. The second kappa shape index (κ2) is 7.89. The molecule has 0 unspecified atom stereocenters. The number of benzene rings is 1. The molecule has 1 aromatic carbocycles. The van der Waals surface area contributed by atoms with Crippen LogP contribution in [0.2, 0.25) is 0 Å². The van der Waals surface area contributed by atoms with Crippen LogP contribution in [0.25, 0.3) is 0 Å². The van der Waals surface area contributed by atoms with Crippen LogP contribution in [-0.4, -0.2) is 30.8 Å². The van der Waals surface area contributed by atoms with Gasteiger partial charge in [0.25, 0.3) is 0 Å². The Balaban J connectivity index is 1.91. The molecule has 25 heavy (non-hydrogen) atoms. The Morgan fingerprint density at radius 3 is 2.28 bits per heavy atom. The lowest BCUT2D eigenvalue weighted by Crippen LogP contribution is -2.40. The van der Waals surface area contributed by atoms with E-state index in [0.717, 1.165) is 31.2 Å². The molecule has 1 N–H and O–H groups in total. The number of methoxy groups -OCH3 is 1. The molecule has 5 heteroatoms. The van der Waals surface area contributed by atoms with Crippen LogP contribution < -0.4 is 5.32 Å². The van der Waals surface area contributed by atoms with Crippen LogP contribution in [0.1, 0.15) is 73.9 Å². The van der Waals surface area contributed by atoms with E-state index in [1.807, 2.05) is 39.8 Å². The molecule has 138 valence electrons. The van der Waals surface area contributed by atoms with Gasteiger partial charge >= 0.3 is 12.1 Å². The molecule has 1 fully saturated rings. The molecule has 1 amide bonds. The average molecular weight is 347 g/mol. The molecule has 0 bridgehead atoms. The number of carbonyl (C=O) groups is 2. The summed E-state index contributed by atoms with van der Waals surface area (Å²) in [5.41, 5.74) is 2.34. The standard InChI is InChI=1S/C20H29NO4/c1-13-12-15(8-11-17(13)18(22)24-5)14-6-9-16(10-7-14)21-19(23)25-20(2,3)4/h8,11-12,14,16H,6-7,9-10H2,1-5H3,(H,21,23). The van der Waals surface area contributed by atoms with Crippen molar-refractivity contribution in [3.8, 4) is 0 Å². The number of hydrogen-bond donors (Lipinski definition) is 1. The number of nitrogens with one attached hydrogen (secondary N) is 1. The average Bonchev–Trinajstić information content (AvgIpc) is 2.53. The summed E-state index contributed by atoms with van der Waals surface area (Å²) in [6.45, 7) is 7.53. The zero-order chi connectivity index (χ0) is 18.6. The van der Waals surface area contributed by atoms with Crippen LogP contribution in [-0.2, 0) is 9.47 Å². The smallest absolute Gasteiger partial charge is 0.407 e. The fourth-order valence-corrected chi connectivity index (χ4v) is 3.33. The Bertz CT molecular complexity index is 625. The van der Waals surface area contributed by atoms with Crippen LogP contribution >= 0.6 is 0 Å². The van der Waals surface area contributed by atoms with E-state index >= 15 is 0 Å². The van der Waals surface area contributed by atoms with E-state index in [1.165, 1.54) is 12.7 Å². The minimum atomic E-state index is -0.472. The van der Waals surface area contributed by atoms with Crippen molar-refractivity contribution in [2.45, 2.75) is 70.9 Å². The summed E-state index contributed by atoms with van der Waals surface area (Å²) in [5.74, 6) is 0.163. The van der Waals surface area contributed by atoms with Crippen LogP contribution in [0.4, 0.5) is 4.79 Å². The number of aryl methyl sites for hydroxylation is 1. The fraction of sp³-hybridized carbons (Fsp3) is 0.600. The molecule has 0 spiro atoms. The van der Waals surface area contributed by atoms with Gasteiger partial charge in [0.15, 0.2) is 0 Å². The topological polar surface area (TPSA) is 64.6 Å². The van der Waals surface area contributed by atoms with Crippen LogP contribution in [0.3, 0.4) is 0 Å². The van der Waals surface area contributed by atoms with Crippen molar-refractivity contribution < 1.29 is 19.1 Å². The quantitative estimate of drug-likeness (QED) is 0.827. The number of carbonyl (C=O) groups excluding carboxylic acids is 2. The molecule has 0 radical (unpaired) electrons. The summed E-state index contributed by atoms with van der Waals surface area (Å²) < 4.78 is 10.1. The van der Waals surface area contributed by atoms with Crippen molar-refractivity contribution in [1.82, 2.24) is 5.32 Å². The number of hydrogen-bond acceptors (Lipinski definition) is 4. The van der Waals surface area contributed by atoms with Gasteiger partial charge in [0.05, 0.1) is 12.7 Å². The molecular formula is C20H29NO4. The summed E-state index contributed by atoms with van der Waals surface area (Å²) in [4.78, 5) is 23.6. The van der Waals surface area contributed by atoms with E-state index in [0.29, 0.717) is 11.5 Å². The fourth-order valence-electron chi connectivity index (χ4n) is 3.33. The number of alkyl carbamates (subject to hydrolysis) is 1. The normalized spacial score (nSPS) is 20.7. The maximum Gasteiger partial charge on any atom is 0.407 e. The summed E-state index contributed by atoms with van der Waals surface area (Å²) >= 11 is 0. The van der Waals surface area contributed by atoms with Crippen LogP contribution in [0.15, 0.2) is 18.2 Å². The van der Waals surface area contributed by atoms with E-state index in [-0.39, 0.29) is 18.1 Å². The highest BCUT2D eigenvalue weighted by atomic mass is 16.6. The third-order valence-corrected chi connectivity index (χ3v) is 4.58. The molecule has 0 aliphatic heterocycles. The molecule has 1 aliphatic rings. The van der Waals surface area contributed by atoms with Gasteiger partial charge in [-0.1, -0.05) is 12.1 Å². The van der Waals surface area contributed by atoms with Gasteiger partial charge in [0.1, 0.15) is 5.60 Å². The van der Waals surface area contributed by atoms with Crippen molar-refractivity contribution in [3.05, 3.63) is 34.9 Å². The molecule has 1 aromatic rings. The summed E-state index contributed by atoms with van der Waals surface area (Å²) in [6.07, 6.45) is 3.55. The van der Waals surface area contributed by atoms with Gasteiger partial charge < -0.3 is 14.8 Å². The van der Waals surface area contributed by atoms with Gasteiger partial charge in [-0.05, 0) is 76.5 Å². The highest BCUT2D eigenvalue weighted by Crippen LogP contribution is 2.34. The maximum absolute atomic E-state index is 11.9. The predicted octanol–water partition coefficient (Wildman–Crippen LogP) is 4.33. The zero-order valence-corrected chi connectivity index (χ0v) is 15.8. The van der Waals surface area contributed by atoms with E-state index in [9.17, 15) is 9.59 Å². The molecule has 0 saturated heterocycles. The van der Waals surface area contributed by atoms with E-state index in [4.69, 9.17) is 9.47 Å². The Kier molecular flexibility index (Phi) is 6.09. The largest absolute Gasteiger partial charge is 0.465 e. The highest BCUT2D eigenvalue weighted by molar-refractivity contribution is 5.91.